The minimum absolute atomic E-state index is 0.0975. The number of nitrogens with one attached hydrogen (secondary N) is 1. The van der Waals surface area contributed by atoms with Gasteiger partial charge in [0.05, 0.1) is 12.4 Å². The fraction of sp³-hybridized carbons (Fsp3) is 1.00. The van der Waals surface area contributed by atoms with E-state index in [1.807, 2.05) is 0 Å². The molecule has 0 aliphatic heterocycles. The molecule has 1 saturated carbocycles. The molecular weight excluding hydrogens is 214 g/mol. The van der Waals surface area contributed by atoms with Crippen molar-refractivity contribution in [1.82, 2.24) is 5.32 Å². The summed E-state index contributed by atoms with van der Waals surface area (Å²) >= 11 is 0. The summed E-state index contributed by atoms with van der Waals surface area (Å²) in [4.78, 5) is 0. The van der Waals surface area contributed by atoms with Crippen LogP contribution in [0, 0.1) is 0 Å². The van der Waals surface area contributed by atoms with Crippen molar-refractivity contribution in [2.75, 3.05) is 12.8 Å². The fourth-order valence-corrected chi connectivity index (χ4v) is 2.65. The molecule has 1 aliphatic rings. The van der Waals surface area contributed by atoms with Crippen LogP contribution in [0.5, 0.6) is 0 Å². The maximum absolute atomic E-state index is 10.9. The topological polar surface area (TPSA) is 55.4 Å². The van der Waals surface area contributed by atoms with Gasteiger partial charge in [-0.05, 0) is 38.6 Å². The van der Waals surface area contributed by atoms with Crippen LogP contribution in [0.3, 0.4) is 0 Å². The summed E-state index contributed by atoms with van der Waals surface area (Å²) in [6, 6.07) is 0.546. The smallest absolute Gasteiger partial charge is 0.264 e. The van der Waals surface area contributed by atoms with Crippen LogP contribution < -0.4 is 5.32 Å². The van der Waals surface area contributed by atoms with E-state index in [0.717, 1.165) is 44.9 Å². The van der Waals surface area contributed by atoms with E-state index in [-0.39, 0.29) is 6.10 Å². The predicted octanol–water partition coefficient (Wildman–Crippen LogP) is 1.27. The largest absolute Gasteiger partial charge is 0.314 e. The first kappa shape index (κ1) is 12.9. The van der Waals surface area contributed by atoms with Gasteiger partial charge in [0, 0.05) is 6.04 Å². The molecule has 0 aromatic heterocycles. The number of hydrogen-bond acceptors (Lipinski definition) is 4. The molecule has 0 saturated heterocycles. The highest BCUT2D eigenvalue weighted by Gasteiger charge is 2.23. The normalized spacial score (nSPS) is 27.9. The molecule has 1 rings (SSSR count). The van der Waals surface area contributed by atoms with Gasteiger partial charge in [0.15, 0.2) is 0 Å². The second-order valence-corrected chi connectivity index (χ2v) is 5.83. The van der Waals surface area contributed by atoms with E-state index in [1.54, 1.807) is 0 Å². The molecule has 90 valence electrons. The summed E-state index contributed by atoms with van der Waals surface area (Å²) in [6.07, 6.45) is 5.87. The quantitative estimate of drug-likeness (QED) is 0.729. The lowest BCUT2D eigenvalue weighted by atomic mass is 9.93. The van der Waals surface area contributed by atoms with Gasteiger partial charge in [0.1, 0.15) is 0 Å². The number of hydrogen-bond donors (Lipinski definition) is 1. The molecule has 1 fully saturated rings. The second kappa shape index (κ2) is 5.82. The Labute approximate surface area is 92.5 Å². The van der Waals surface area contributed by atoms with Gasteiger partial charge in [0.2, 0.25) is 0 Å². The Balaban J connectivity index is 2.24. The molecule has 15 heavy (non-hydrogen) atoms. The molecular formula is C10H21NO3S. The minimum atomic E-state index is -3.28. The molecule has 0 amide bonds. The van der Waals surface area contributed by atoms with Crippen LogP contribution in [0.15, 0.2) is 0 Å². The van der Waals surface area contributed by atoms with Crippen LogP contribution in [-0.4, -0.2) is 33.4 Å². The molecule has 0 heterocycles. The Bertz CT molecular complexity index is 268. The van der Waals surface area contributed by atoms with Crippen molar-refractivity contribution in [3.05, 3.63) is 0 Å². The summed E-state index contributed by atoms with van der Waals surface area (Å²) in [5, 5.41) is 3.45. The van der Waals surface area contributed by atoms with Gasteiger partial charge in [-0.25, -0.2) is 0 Å². The van der Waals surface area contributed by atoms with Crippen LogP contribution in [0.1, 0.15) is 39.0 Å². The third kappa shape index (κ3) is 5.49. The van der Waals surface area contributed by atoms with E-state index in [9.17, 15) is 8.42 Å². The van der Waals surface area contributed by atoms with Crippen molar-refractivity contribution >= 4 is 10.1 Å². The van der Waals surface area contributed by atoms with Crippen LogP contribution in [-0.2, 0) is 14.3 Å². The molecule has 0 radical (unpaired) electrons. The summed E-state index contributed by atoms with van der Waals surface area (Å²) in [7, 11) is -3.28. The second-order valence-electron chi connectivity index (χ2n) is 4.23. The van der Waals surface area contributed by atoms with Crippen LogP contribution in [0.2, 0.25) is 0 Å². The van der Waals surface area contributed by atoms with Crippen molar-refractivity contribution in [3.8, 4) is 0 Å². The molecule has 1 aliphatic carbocycles. The first-order valence-corrected chi connectivity index (χ1v) is 7.44. The maximum atomic E-state index is 10.9. The van der Waals surface area contributed by atoms with E-state index in [4.69, 9.17) is 4.18 Å². The molecule has 0 spiro atoms. The summed E-state index contributed by atoms with van der Waals surface area (Å²) in [5.41, 5.74) is 0. The van der Waals surface area contributed by atoms with Gasteiger partial charge in [-0.1, -0.05) is 6.92 Å². The summed E-state index contributed by atoms with van der Waals surface area (Å²) in [5.74, 6) is 0. The van der Waals surface area contributed by atoms with Gasteiger partial charge in [0.25, 0.3) is 10.1 Å². The molecule has 1 N–H and O–H groups in total. The zero-order valence-electron chi connectivity index (χ0n) is 9.53. The van der Waals surface area contributed by atoms with Crippen molar-refractivity contribution < 1.29 is 12.6 Å². The zero-order valence-corrected chi connectivity index (χ0v) is 10.3. The van der Waals surface area contributed by atoms with Crippen molar-refractivity contribution in [2.45, 2.75) is 51.2 Å². The molecule has 5 heteroatoms. The third-order valence-corrected chi connectivity index (χ3v) is 3.29. The van der Waals surface area contributed by atoms with Crippen molar-refractivity contribution in [1.29, 1.82) is 0 Å². The van der Waals surface area contributed by atoms with Gasteiger partial charge in [-0.3, -0.25) is 4.18 Å². The molecule has 0 unspecified atom stereocenters. The average molecular weight is 235 g/mol. The third-order valence-electron chi connectivity index (χ3n) is 2.67. The standard InChI is InChI=1S/C10H21NO3S/c1-3-8-11-9-4-6-10(7-5-9)14-15(2,12)13/h9-11H,3-8H2,1-2H3. The summed E-state index contributed by atoms with van der Waals surface area (Å²) < 4.78 is 26.8. The van der Waals surface area contributed by atoms with Crippen LogP contribution in [0.4, 0.5) is 0 Å². The number of rotatable bonds is 5. The van der Waals surface area contributed by atoms with Crippen LogP contribution in [0.25, 0.3) is 0 Å². The van der Waals surface area contributed by atoms with E-state index in [2.05, 4.69) is 12.2 Å². The van der Waals surface area contributed by atoms with Crippen LogP contribution >= 0.6 is 0 Å². The lowest BCUT2D eigenvalue weighted by Crippen LogP contribution is -2.36. The predicted molar refractivity (Wildman–Crippen MR) is 60.3 cm³/mol. The Morgan fingerprint density at radius 2 is 1.87 bits per heavy atom. The van der Waals surface area contributed by atoms with E-state index in [1.165, 1.54) is 0 Å². The molecule has 4 nitrogen and oxygen atoms in total. The van der Waals surface area contributed by atoms with Crippen molar-refractivity contribution in [3.63, 3.8) is 0 Å². The molecule has 0 atom stereocenters. The monoisotopic (exact) mass is 235 g/mol. The average Bonchev–Trinajstić information content (AvgIpc) is 2.14. The zero-order chi connectivity index (χ0) is 11.3. The first-order valence-electron chi connectivity index (χ1n) is 5.63. The molecule has 0 aromatic carbocycles. The maximum Gasteiger partial charge on any atom is 0.264 e. The molecule has 0 bridgehead atoms. The highest BCUT2D eigenvalue weighted by molar-refractivity contribution is 7.86. The van der Waals surface area contributed by atoms with E-state index < -0.39 is 10.1 Å². The fourth-order valence-electron chi connectivity index (χ4n) is 1.96. The minimum Gasteiger partial charge on any atom is -0.314 e. The highest BCUT2D eigenvalue weighted by atomic mass is 32.2. The highest BCUT2D eigenvalue weighted by Crippen LogP contribution is 2.22. The van der Waals surface area contributed by atoms with Gasteiger partial charge in [-0.15, -0.1) is 0 Å². The van der Waals surface area contributed by atoms with E-state index >= 15 is 0 Å². The van der Waals surface area contributed by atoms with Gasteiger partial charge >= 0.3 is 0 Å². The van der Waals surface area contributed by atoms with Gasteiger partial charge < -0.3 is 5.32 Å². The first-order chi connectivity index (χ1) is 7.01. The SMILES string of the molecule is CCCNC1CCC(OS(C)(=O)=O)CC1. The lowest BCUT2D eigenvalue weighted by Gasteiger charge is -2.28. The summed E-state index contributed by atoms with van der Waals surface area (Å²) in [6.45, 7) is 3.19. The Morgan fingerprint density at radius 3 is 2.33 bits per heavy atom. The Kier molecular flexibility index (Phi) is 5.02. The lowest BCUT2D eigenvalue weighted by molar-refractivity contribution is 0.148. The Hall–Kier alpha value is -0.130. The van der Waals surface area contributed by atoms with Gasteiger partial charge in [-0.2, -0.15) is 8.42 Å². The van der Waals surface area contributed by atoms with Crippen molar-refractivity contribution in [2.24, 2.45) is 0 Å². The molecule has 0 aromatic rings. The Morgan fingerprint density at radius 1 is 1.27 bits per heavy atom. The van der Waals surface area contributed by atoms with E-state index in [0.29, 0.717) is 6.04 Å².